The van der Waals surface area contributed by atoms with E-state index in [2.05, 4.69) is 0 Å². The third kappa shape index (κ3) is 4.10. The number of methoxy groups -OCH3 is 2. The van der Waals surface area contributed by atoms with Crippen molar-refractivity contribution in [2.24, 2.45) is 0 Å². The second-order valence-electron chi connectivity index (χ2n) is 3.39. The number of ether oxygens (including phenoxy) is 2. The lowest BCUT2D eigenvalue weighted by Crippen LogP contribution is -2.07. The first-order valence-corrected chi connectivity index (χ1v) is 5.46. The number of hydrogen-bond acceptors (Lipinski definition) is 2. The average molecular weight is 229 g/mol. The Bertz CT molecular complexity index is 289. The van der Waals surface area contributed by atoms with Gasteiger partial charge in [-0.3, -0.25) is 0 Å². The largest absolute Gasteiger partial charge is 0.496 e. The predicted molar refractivity (Wildman–Crippen MR) is 62.8 cm³/mol. The molecule has 0 amide bonds. The smallest absolute Gasteiger partial charge is 0.122 e. The van der Waals surface area contributed by atoms with Gasteiger partial charge in [0.2, 0.25) is 0 Å². The molecule has 1 atom stereocenters. The summed E-state index contributed by atoms with van der Waals surface area (Å²) < 4.78 is 10.3. The Labute approximate surface area is 96.2 Å². The molecule has 3 heteroatoms. The first kappa shape index (κ1) is 12.3. The van der Waals surface area contributed by atoms with Crippen molar-refractivity contribution < 1.29 is 9.47 Å². The zero-order chi connectivity index (χ0) is 11.1. The Balaban J connectivity index is 2.55. The van der Waals surface area contributed by atoms with E-state index in [1.165, 1.54) is 0 Å². The van der Waals surface area contributed by atoms with E-state index in [4.69, 9.17) is 21.1 Å². The maximum absolute atomic E-state index is 6.19. The maximum atomic E-state index is 6.19. The molecule has 0 aliphatic carbocycles. The molecular weight excluding hydrogens is 212 g/mol. The normalized spacial score (nSPS) is 12.5. The number of para-hydroxylation sites is 1. The Morgan fingerprint density at radius 3 is 2.67 bits per heavy atom. The fraction of sp³-hybridized carbons (Fsp3) is 0.500. The summed E-state index contributed by atoms with van der Waals surface area (Å²) in [5.74, 6) is 0.903. The van der Waals surface area contributed by atoms with Crippen molar-refractivity contribution in [2.45, 2.75) is 18.2 Å². The highest BCUT2D eigenvalue weighted by Gasteiger charge is 2.09. The fourth-order valence-electron chi connectivity index (χ4n) is 1.46. The van der Waals surface area contributed by atoms with Gasteiger partial charge < -0.3 is 9.47 Å². The average Bonchev–Trinajstić information content (AvgIpc) is 2.27. The minimum Gasteiger partial charge on any atom is -0.496 e. The lowest BCUT2D eigenvalue weighted by molar-refractivity contribution is 0.193. The number of alkyl halides is 1. The van der Waals surface area contributed by atoms with Crippen molar-refractivity contribution in [3.05, 3.63) is 29.8 Å². The molecule has 0 saturated carbocycles. The van der Waals surface area contributed by atoms with E-state index in [0.717, 1.165) is 24.2 Å². The van der Waals surface area contributed by atoms with Crippen LogP contribution in [0.3, 0.4) is 0 Å². The van der Waals surface area contributed by atoms with Gasteiger partial charge in [0.05, 0.1) is 7.11 Å². The highest BCUT2D eigenvalue weighted by Crippen LogP contribution is 2.21. The Morgan fingerprint density at radius 1 is 1.27 bits per heavy atom. The first-order valence-electron chi connectivity index (χ1n) is 5.02. The number of halogens is 1. The topological polar surface area (TPSA) is 18.5 Å². The molecule has 2 nitrogen and oxygen atoms in total. The van der Waals surface area contributed by atoms with Crippen LogP contribution in [0.2, 0.25) is 0 Å². The summed E-state index contributed by atoms with van der Waals surface area (Å²) in [5, 5.41) is 0.0984. The lowest BCUT2D eigenvalue weighted by Gasteiger charge is -2.11. The minimum absolute atomic E-state index is 0.0984. The highest BCUT2D eigenvalue weighted by molar-refractivity contribution is 6.20. The molecule has 0 aliphatic heterocycles. The third-order valence-corrected chi connectivity index (χ3v) is 2.64. The number of rotatable bonds is 6. The van der Waals surface area contributed by atoms with Gasteiger partial charge in [-0.1, -0.05) is 18.2 Å². The highest BCUT2D eigenvalue weighted by atomic mass is 35.5. The molecule has 0 fully saturated rings. The molecule has 84 valence electrons. The van der Waals surface area contributed by atoms with Crippen LogP contribution in [-0.4, -0.2) is 26.2 Å². The summed E-state index contributed by atoms with van der Waals surface area (Å²) in [4.78, 5) is 0. The minimum atomic E-state index is 0.0984. The molecule has 15 heavy (non-hydrogen) atoms. The zero-order valence-corrected chi connectivity index (χ0v) is 9.96. The van der Waals surface area contributed by atoms with Crippen molar-refractivity contribution in [3.63, 3.8) is 0 Å². The monoisotopic (exact) mass is 228 g/mol. The lowest BCUT2D eigenvalue weighted by atomic mass is 10.1. The molecule has 0 N–H and O–H groups in total. The second kappa shape index (κ2) is 6.70. The van der Waals surface area contributed by atoms with Crippen LogP contribution in [0.1, 0.15) is 12.0 Å². The fourth-order valence-corrected chi connectivity index (χ4v) is 1.71. The van der Waals surface area contributed by atoms with Gasteiger partial charge in [-0.25, -0.2) is 0 Å². The van der Waals surface area contributed by atoms with Crippen LogP contribution in [0, 0.1) is 0 Å². The Hall–Kier alpha value is -0.730. The molecular formula is C12H17ClO2. The van der Waals surface area contributed by atoms with Crippen LogP contribution in [0.4, 0.5) is 0 Å². The van der Waals surface area contributed by atoms with Gasteiger partial charge in [-0.2, -0.15) is 0 Å². The standard InChI is InChI=1S/C12H17ClO2/c1-14-8-7-11(13)9-10-5-3-4-6-12(10)15-2/h3-6,11H,7-9H2,1-2H3. The molecule has 0 spiro atoms. The van der Waals surface area contributed by atoms with Gasteiger partial charge in [-0.15, -0.1) is 11.6 Å². The van der Waals surface area contributed by atoms with E-state index < -0.39 is 0 Å². The molecule has 1 aromatic rings. The van der Waals surface area contributed by atoms with Gasteiger partial charge in [0.25, 0.3) is 0 Å². The molecule has 0 heterocycles. The molecule has 1 unspecified atom stereocenters. The quantitative estimate of drug-likeness (QED) is 0.698. The van der Waals surface area contributed by atoms with Crippen LogP contribution < -0.4 is 4.74 Å². The van der Waals surface area contributed by atoms with Gasteiger partial charge in [0.1, 0.15) is 5.75 Å². The summed E-state index contributed by atoms with van der Waals surface area (Å²) in [5.41, 5.74) is 1.15. The SMILES string of the molecule is COCCC(Cl)Cc1ccccc1OC. The first-order chi connectivity index (χ1) is 7.27. The predicted octanol–water partition coefficient (Wildman–Crippen LogP) is 2.88. The summed E-state index contributed by atoms with van der Waals surface area (Å²) >= 11 is 6.19. The third-order valence-electron chi connectivity index (χ3n) is 2.27. The van der Waals surface area contributed by atoms with Gasteiger partial charge in [0, 0.05) is 19.1 Å². The molecule has 0 bridgehead atoms. The number of benzene rings is 1. The van der Waals surface area contributed by atoms with E-state index in [-0.39, 0.29) is 5.38 Å². The molecule has 1 rings (SSSR count). The van der Waals surface area contributed by atoms with Crippen LogP contribution >= 0.6 is 11.6 Å². The van der Waals surface area contributed by atoms with Crippen LogP contribution in [0.15, 0.2) is 24.3 Å². The van der Waals surface area contributed by atoms with Gasteiger partial charge in [-0.05, 0) is 24.5 Å². The summed E-state index contributed by atoms with van der Waals surface area (Å²) in [6.07, 6.45) is 1.67. The van der Waals surface area contributed by atoms with Gasteiger partial charge in [0.15, 0.2) is 0 Å². The van der Waals surface area contributed by atoms with Crippen molar-refractivity contribution in [3.8, 4) is 5.75 Å². The van der Waals surface area contributed by atoms with Crippen LogP contribution in [-0.2, 0) is 11.2 Å². The van der Waals surface area contributed by atoms with Crippen molar-refractivity contribution >= 4 is 11.6 Å². The summed E-state index contributed by atoms with van der Waals surface area (Å²) in [6, 6.07) is 7.95. The van der Waals surface area contributed by atoms with E-state index in [0.29, 0.717) is 6.61 Å². The molecule has 0 radical (unpaired) electrons. The Morgan fingerprint density at radius 2 is 2.00 bits per heavy atom. The van der Waals surface area contributed by atoms with E-state index in [1.807, 2.05) is 24.3 Å². The Kier molecular flexibility index (Phi) is 5.51. The van der Waals surface area contributed by atoms with Crippen LogP contribution in [0.25, 0.3) is 0 Å². The van der Waals surface area contributed by atoms with Crippen LogP contribution in [0.5, 0.6) is 5.75 Å². The molecule has 0 saturated heterocycles. The van der Waals surface area contributed by atoms with E-state index in [1.54, 1.807) is 14.2 Å². The number of hydrogen-bond donors (Lipinski definition) is 0. The second-order valence-corrected chi connectivity index (χ2v) is 4.01. The summed E-state index contributed by atoms with van der Waals surface area (Å²) in [6.45, 7) is 0.698. The molecule has 1 aromatic carbocycles. The maximum Gasteiger partial charge on any atom is 0.122 e. The zero-order valence-electron chi connectivity index (χ0n) is 9.20. The molecule has 0 aliphatic rings. The van der Waals surface area contributed by atoms with E-state index >= 15 is 0 Å². The van der Waals surface area contributed by atoms with Crippen molar-refractivity contribution in [1.82, 2.24) is 0 Å². The van der Waals surface area contributed by atoms with Crippen molar-refractivity contribution in [2.75, 3.05) is 20.8 Å². The van der Waals surface area contributed by atoms with Crippen molar-refractivity contribution in [1.29, 1.82) is 0 Å². The molecule has 0 aromatic heterocycles. The van der Waals surface area contributed by atoms with Gasteiger partial charge >= 0.3 is 0 Å². The summed E-state index contributed by atoms with van der Waals surface area (Å²) in [7, 11) is 3.37. The van der Waals surface area contributed by atoms with E-state index in [9.17, 15) is 0 Å².